The molecule has 1 aromatic rings. The van der Waals surface area contributed by atoms with Crippen LogP contribution in [0.3, 0.4) is 0 Å². The molecule has 2 rings (SSSR count). The summed E-state index contributed by atoms with van der Waals surface area (Å²) in [6.07, 6.45) is 0. The third-order valence-electron chi connectivity index (χ3n) is 2.48. The molecule has 1 aromatic heterocycles. The highest BCUT2D eigenvalue weighted by Crippen LogP contribution is 2.21. The van der Waals surface area contributed by atoms with Crippen molar-refractivity contribution in [1.29, 1.82) is 0 Å². The number of piperazine rings is 1. The lowest BCUT2D eigenvalue weighted by Crippen LogP contribution is -2.48. The Morgan fingerprint density at radius 3 is 3.21 bits per heavy atom. The summed E-state index contributed by atoms with van der Waals surface area (Å²) in [6, 6.07) is 2.68. The number of thiophene rings is 1. The molecule has 14 heavy (non-hydrogen) atoms. The van der Waals surface area contributed by atoms with Gasteiger partial charge in [-0.2, -0.15) is 0 Å². The summed E-state index contributed by atoms with van der Waals surface area (Å²) in [5.74, 6) is 0. The van der Waals surface area contributed by atoms with E-state index < -0.39 is 0 Å². The van der Waals surface area contributed by atoms with E-state index in [0.717, 1.165) is 30.5 Å². The molecule has 0 radical (unpaired) electrons. The van der Waals surface area contributed by atoms with Crippen molar-refractivity contribution >= 4 is 22.9 Å². The molecule has 0 aliphatic carbocycles. The zero-order chi connectivity index (χ0) is 9.97. The third kappa shape index (κ3) is 2.70. The van der Waals surface area contributed by atoms with E-state index >= 15 is 0 Å². The first-order chi connectivity index (χ1) is 6.74. The molecule has 4 heteroatoms. The van der Waals surface area contributed by atoms with Crippen molar-refractivity contribution in [2.45, 2.75) is 19.5 Å². The number of hydrogen-bond acceptors (Lipinski definition) is 3. The van der Waals surface area contributed by atoms with E-state index in [4.69, 9.17) is 11.6 Å². The van der Waals surface area contributed by atoms with E-state index in [1.807, 2.05) is 0 Å². The first-order valence-corrected chi connectivity index (χ1v) is 6.18. The molecule has 2 heterocycles. The van der Waals surface area contributed by atoms with Crippen LogP contribution in [0.25, 0.3) is 0 Å². The van der Waals surface area contributed by atoms with Gasteiger partial charge in [-0.3, -0.25) is 4.90 Å². The lowest BCUT2D eigenvalue weighted by atomic mass is 10.2. The van der Waals surface area contributed by atoms with Crippen LogP contribution in [0.2, 0.25) is 4.34 Å². The van der Waals surface area contributed by atoms with Gasteiger partial charge in [0.1, 0.15) is 0 Å². The Balaban J connectivity index is 1.90. The molecule has 0 aromatic carbocycles. The molecule has 0 amide bonds. The Bertz CT molecular complexity index is 300. The maximum Gasteiger partial charge on any atom is 0.0931 e. The van der Waals surface area contributed by atoms with Crippen LogP contribution in [0.15, 0.2) is 11.4 Å². The fourth-order valence-electron chi connectivity index (χ4n) is 1.84. The molecular weight excluding hydrogens is 216 g/mol. The van der Waals surface area contributed by atoms with E-state index in [9.17, 15) is 0 Å². The highest BCUT2D eigenvalue weighted by molar-refractivity contribution is 7.14. The van der Waals surface area contributed by atoms with Crippen molar-refractivity contribution in [3.05, 3.63) is 21.3 Å². The fraction of sp³-hybridized carbons (Fsp3) is 0.600. The normalized spacial score (nSPS) is 24.0. The van der Waals surface area contributed by atoms with Crippen LogP contribution in [0.1, 0.15) is 12.5 Å². The van der Waals surface area contributed by atoms with Gasteiger partial charge in [0, 0.05) is 32.2 Å². The molecule has 2 nitrogen and oxygen atoms in total. The molecular formula is C10H15ClN2S. The number of rotatable bonds is 2. The van der Waals surface area contributed by atoms with Crippen LogP contribution in [0.4, 0.5) is 0 Å². The minimum atomic E-state index is 0.609. The third-order valence-corrected chi connectivity index (χ3v) is 3.62. The average Bonchev–Trinajstić information content (AvgIpc) is 2.51. The zero-order valence-electron chi connectivity index (χ0n) is 8.29. The van der Waals surface area contributed by atoms with E-state index in [-0.39, 0.29) is 0 Å². The van der Waals surface area contributed by atoms with Crippen LogP contribution in [0, 0.1) is 0 Å². The smallest absolute Gasteiger partial charge is 0.0931 e. The van der Waals surface area contributed by atoms with Crippen molar-refractivity contribution < 1.29 is 0 Å². The molecule has 1 aliphatic heterocycles. The van der Waals surface area contributed by atoms with Gasteiger partial charge in [-0.15, -0.1) is 11.3 Å². The van der Waals surface area contributed by atoms with E-state index in [1.165, 1.54) is 5.56 Å². The second-order valence-corrected chi connectivity index (χ2v) is 5.39. The number of nitrogens with zero attached hydrogens (tertiary/aromatic N) is 1. The van der Waals surface area contributed by atoms with Crippen molar-refractivity contribution in [1.82, 2.24) is 10.2 Å². The van der Waals surface area contributed by atoms with Gasteiger partial charge in [0.15, 0.2) is 0 Å². The van der Waals surface area contributed by atoms with Gasteiger partial charge < -0.3 is 5.32 Å². The molecule has 1 N–H and O–H groups in total. The first kappa shape index (κ1) is 10.4. The molecule has 1 aliphatic rings. The highest BCUT2D eigenvalue weighted by atomic mass is 35.5. The van der Waals surface area contributed by atoms with Gasteiger partial charge in [0.25, 0.3) is 0 Å². The van der Waals surface area contributed by atoms with Crippen molar-refractivity contribution in [3.63, 3.8) is 0 Å². The fourth-order valence-corrected chi connectivity index (χ4v) is 2.74. The number of hydrogen-bond donors (Lipinski definition) is 1. The predicted octanol–water partition coefficient (Wildman–Crippen LogP) is 2.20. The Kier molecular flexibility index (Phi) is 3.44. The second-order valence-electron chi connectivity index (χ2n) is 3.85. The molecule has 0 bridgehead atoms. The lowest BCUT2D eigenvalue weighted by molar-refractivity contribution is 0.200. The maximum absolute atomic E-state index is 5.89. The van der Waals surface area contributed by atoms with E-state index in [1.54, 1.807) is 11.3 Å². The molecule has 0 saturated carbocycles. The topological polar surface area (TPSA) is 15.3 Å². The van der Waals surface area contributed by atoms with Crippen molar-refractivity contribution in [3.8, 4) is 0 Å². The van der Waals surface area contributed by atoms with Gasteiger partial charge in [-0.05, 0) is 23.9 Å². The molecule has 0 spiro atoms. The summed E-state index contributed by atoms with van der Waals surface area (Å²) in [4.78, 5) is 2.47. The SMILES string of the molecule is CC1CN(Cc2csc(Cl)c2)CCN1. The van der Waals surface area contributed by atoms with Crippen LogP contribution in [-0.2, 0) is 6.54 Å². The van der Waals surface area contributed by atoms with Gasteiger partial charge >= 0.3 is 0 Å². The Morgan fingerprint density at radius 1 is 1.71 bits per heavy atom. The monoisotopic (exact) mass is 230 g/mol. The summed E-state index contributed by atoms with van der Waals surface area (Å²) >= 11 is 7.51. The quantitative estimate of drug-likeness (QED) is 0.838. The van der Waals surface area contributed by atoms with Crippen LogP contribution < -0.4 is 5.32 Å². The molecule has 1 saturated heterocycles. The van der Waals surface area contributed by atoms with Crippen LogP contribution in [-0.4, -0.2) is 30.6 Å². The van der Waals surface area contributed by atoms with Gasteiger partial charge in [-0.1, -0.05) is 11.6 Å². The Hall–Kier alpha value is -0.0900. The standard InChI is InChI=1S/C10H15ClN2S/c1-8-5-13(3-2-12-8)6-9-4-10(11)14-7-9/h4,7-8,12H,2-3,5-6H2,1H3. The Labute approximate surface area is 93.9 Å². The van der Waals surface area contributed by atoms with Crippen molar-refractivity contribution in [2.24, 2.45) is 0 Å². The number of nitrogens with one attached hydrogen (secondary N) is 1. The van der Waals surface area contributed by atoms with Crippen molar-refractivity contribution in [2.75, 3.05) is 19.6 Å². The van der Waals surface area contributed by atoms with Gasteiger partial charge in [-0.25, -0.2) is 0 Å². The predicted molar refractivity (Wildman–Crippen MR) is 62.1 cm³/mol. The summed E-state index contributed by atoms with van der Waals surface area (Å²) in [5.41, 5.74) is 1.34. The van der Waals surface area contributed by atoms with Crippen LogP contribution in [0.5, 0.6) is 0 Å². The Morgan fingerprint density at radius 2 is 2.57 bits per heavy atom. The molecule has 1 atom stereocenters. The first-order valence-electron chi connectivity index (χ1n) is 4.92. The molecule has 78 valence electrons. The van der Waals surface area contributed by atoms with E-state index in [2.05, 4.69) is 28.6 Å². The summed E-state index contributed by atoms with van der Waals surface area (Å²) in [7, 11) is 0. The van der Waals surface area contributed by atoms with Gasteiger partial charge in [0.2, 0.25) is 0 Å². The second kappa shape index (κ2) is 4.62. The average molecular weight is 231 g/mol. The minimum absolute atomic E-state index is 0.609. The largest absolute Gasteiger partial charge is 0.312 e. The summed E-state index contributed by atoms with van der Waals surface area (Å²) in [6.45, 7) is 6.63. The molecule has 1 fully saturated rings. The minimum Gasteiger partial charge on any atom is -0.312 e. The summed E-state index contributed by atoms with van der Waals surface area (Å²) < 4.78 is 0.892. The van der Waals surface area contributed by atoms with E-state index in [0.29, 0.717) is 6.04 Å². The summed E-state index contributed by atoms with van der Waals surface area (Å²) in [5, 5.41) is 5.59. The zero-order valence-corrected chi connectivity index (χ0v) is 9.87. The number of halogens is 1. The van der Waals surface area contributed by atoms with Gasteiger partial charge in [0.05, 0.1) is 4.34 Å². The highest BCUT2D eigenvalue weighted by Gasteiger charge is 2.15. The van der Waals surface area contributed by atoms with Crippen LogP contribution >= 0.6 is 22.9 Å². The lowest BCUT2D eigenvalue weighted by Gasteiger charge is -2.31. The molecule has 1 unspecified atom stereocenters. The maximum atomic E-state index is 5.89.